The maximum atomic E-state index is 12.9. The van der Waals surface area contributed by atoms with E-state index in [1.165, 1.54) is 17.1 Å². The summed E-state index contributed by atoms with van der Waals surface area (Å²) in [7, 11) is 0. The van der Waals surface area contributed by atoms with E-state index in [9.17, 15) is 9.59 Å². The van der Waals surface area contributed by atoms with Crippen molar-refractivity contribution in [2.24, 2.45) is 0 Å². The number of carbonyl (C=O) groups excluding carboxylic acids is 1. The minimum atomic E-state index is -0.719. The molecule has 4 rings (SSSR count). The van der Waals surface area contributed by atoms with Crippen LogP contribution >= 0.6 is 23.1 Å². The Balaban J connectivity index is 1.99. The second-order valence-corrected chi connectivity index (χ2v) is 7.04. The van der Waals surface area contributed by atoms with Crippen LogP contribution in [0.25, 0.3) is 27.7 Å². The summed E-state index contributed by atoms with van der Waals surface area (Å²) >= 11 is 7.19. The van der Waals surface area contributed by atoms with Gasteiger partial charge in [0.15, 0.2) is 11.5 Å². The van der Waals surface area contributed by atoms with E-state index in [1.807, 2.05) is 0 Å². The van der Waals surface area contributed by atoms with E-state index in [4.69, 9.17) is 16.3 Å². The lowest BCUT2D eigenvalue weighted by atomic mass is 10.1. The zero-order valence-corrected chi connectivity index (χ0v) is 16.9. The Bertz CT molecular complexity index is 1290. The highest BCUT2D eigenvalue weighted by molar-refractivity contribution is 7.08. The van der Waals surface area contributed by atoms with Crippen LogP contribution in [0.1, 0.15) is 22.8 Å². The van der Waals surface area contributed by atoms with Gasteiger partial charge >= 0.3 is 5.97 Å². The molecule has 29 heavy (non-hydrogen) atoms. The molecule has 9 nitrogen and oxygen atoms in total. The van der Waals surface area contributed by atoms with Crippen LogP contribution in [-0.4, -0.2) is 41.5 Å². The molecule has 0 aromatic carbocycles. The Morgan fingerprint density at radius 1 is 1.34 bits per heavy atom. The van der Waals surface area contributed by atoms with E-state index in [2.05, 4.69) is 24.3 Å². The van der Waals surface area contributed by atoms with Gasteiger partial charge in [-0.15, -0.1) is 0 Å². The molecule has 0 spiro atoms. The van der Waals surface area contributed by atoms with Crippen LogP contribution in [0.2, 0.25) is 5.15 Å². The maximum absolute atomic E-state index is 12.9. The number of fused-ring (bicyclic) bond motifs is 1. The molecule has 0 bridgehead atoms. The van der Waals surface area contributed by atoms with Crippen molar-refractivity contribution in [2.75, 3.05) is 6.61 Å². The molecule has 11 heteroatoms. The average molecular weight is 429 g/mol. The minimum absolute atomic E-state index is 0.120. The van der Waals surface area contributed by atoms with Gasteiger partial charge in [-0.3, -0.25) is 9.36 Å². The molecule has 0 aliphatic heterocycles. The molecule has 4 heterocycles. The summed E-state index contributed by atoms with van der Waals surface area (Å²) in [5.74, 6) is -0.335. The molecular formula is C18H13ClN6O3S. The van der Waals surface area contributed by atoms with Crippen molar-refractivity contribution < 1.29 is 9.53 Å². The first-order valence-corrected chi connectivity index (χ1v) is 9.64. The quantitative estimate of drug-likeness (QED) is 0.360. The molecule has 4 aromatic rings. The number of esters is 1. The Labute approximate surface area is 173 Å². The molecule has 0 unspecified atom stereocenters. The monoisotopic (exact) mass is 428 g/mol. The summed E-state index contributed by atoms with van der Waals surface area (Å²) in [6, 6.07) is 3.25. The number of rotatable bonds is 4. The minimum Gasteiger partial charge on any atom is -0.462 e. The van der Waals surface area contributed by atoms with E-state index in [0.29, 0.717) is 22.2 Å². The molecule has 146 valence electrons. The van der Waals surface area contributed by atoms with E-state index in [-0.39, 0.29) is 28.4 Å². The summed E-state index contributed by atoms with van der Waals surface area (Å²) in [6.07, 6.45) is 4.34. The van der Waals surface area contributed by atoms with Crippen LogP contribution in [0, 0.1) is 6.92 Å². The summed E-state index contributed by atoms with van der Waals surface area (Å²) in [6.45, 7) is 3.54. The third kappa shape index (κ3) is 3.47. The van der Waals surface area contributed by atoms with Crippen LogP contribution in [0.3, 0.4) is 0 Å². The molecule has 0 atom stereocenters. The average Bonchev–Trinajstić information content (AvgIpc) is 3.18. The second kappa shape index (κ2) is 7.64. The van der Waals surface area contributed by atoms with Crippen molar-refractivity contribution in [3.8, 4) is 16.6 Å². The van der Waals surface area contributed by atoms with E-state index in [0.717, 1.165) is 11.5 Å². The summed E-state index contributed by atoms with van der Waals surface area (Å²) in [5.41, 5.74) is 0.812. The maximum Gasteiger partial charge on any atom is 0.343 e. The highest BCUT2D eigenvalue weighted by Crippen LogP contribution is 2.24. The summed E-state index contributed by atoms with van der Waals surface area (Å²) < 4.78 is 10.9. The first-order chi connectivity index (χ1) is 14.0. The smallest absolute Gasteiger partial charge is 0.343 e. The molecule has 0 aliphatic carbocycles. The highest BCUT2D eigenvalue weighted by atomic mass is 35.5. The van der Waals surface area contributed by atoms with Gasteiger partial charge in [-0.2, -0.15) is 9.36 Å². The zero-order valence-electron chi connectivity index (χ0n) is 15.3. The lowest BCUT2D eigenvalue weighted by Gasteiger charge is -2.11. The number of aryl methyl sites for hydroxylation is 1. The second-order valence-electron chi connectivity index (χ2n) is 5.92. The van der Waals surface area contributed by atoms with Gasteiger partial charge < -0.3 is 4.74 Å². The van der Waals surface area contributed by atoms with Gasteiger partial charge in [0.05, 0.1) is 12.0 Å². The van der Waals surface area contributed by atoms with Gasteiger partial charge in [0.1, 0.15) is 22.7 Å². The number of halogens is 1. The van der Waals surface area contributed by atoms with Crippen molar-refractivity contribution in [3.63, 3.8) is 0 Å². The Morgan fingerprint density at radius 2 is 2.17 bits per heavy atom. The fourth-order valence-corrected chi connectivity index (χ4v) is 3.70. The molecule has 0 N–H and O–H groups in total. The fourth-order valence-electron chi connectivity index (χ4n) is 2.80. The highest BCUT2D eigenvalue weighted by Gasteiger charge is 2.21. The van der Waals surface area contributed by atoms with Crippen LogP contribution in [-0.2, 0) is 4.74 Å². The molecule has 0 amide bonds. The third-order valence-corrected chi connectivity index (χ3v) is 4.96. The van der Waals surface area contributed by atoms with Gasteiger partial charge in [0.25, 0.3) is 0 Å². The van der Waals surface area contributed by atoms with Gasteiger partial charge in [-0.05, 0) is 31.5 Å². The predicted molar refractivity (Wildman–Crippen MR) is 108 cm³/mol. The van der Waals surface area contributed by atoms with E-state index >= 15 is 0 Å². The predicted octanol–water partition coefficient (Wildman–Crippen LogP) is 2.83. The summed E-state index contributed by atoms with van der Waals surface area (Å²) in [4.78, 5) is 42.1. The van der Waals surface area contributed by atoms with Crippen molar-refractivity contribution in [3.05, 3.63) is 57.4 Å². The van der Waals surface area contributed by atoms with Crippen molar-refractivity contribution >= 4 is 40.1 Å². The fraction of sp³-hybridized carbons (Fsp3) is 0.167. The van der Waals surface area contributed by atoms with Crippen LogP contribution < -0.4 is 5.43 Å². The van der Waals surface area contributed by atoms with E-state index < -0.39 is 11.4 Å². The molecule has 0 radical (unpaired) electrons. The lowest BCUT2D eigenvalue weighted by Crippen LogP contribution is -2.21. The number of nitrogens with zero attached hydrogens (tertiary/aromatic N) is 6. The molecule has 0 fully saturated rings. The number of hydrogen-bond acceptors (Lipinski definition) is 9. The number of pyridine rings is 2. The Morgan fingerprint density at radius 3 is 2.90 bits per heavy atom. The Kier molecular flexibility index (Phi) is 5.03. The number of ether oxygens (including phenoxy) is 1. The Hall–Kier alpha value is -3.24. The standard InChI is InChI=1S/C18H13ClN6O3S/c1-3-28-17(27)10-7-25(16-13(14(10)26)9(2)6-12(19)22-16)18-23-15(24-29-18)11-4-5-20-8-21-11/h4-8H,3H2,1-2H3. The molecule has 0 aliphatic rings. The van der Waals surface area contributed by atoms with Crippen molar-refractivity contribution in [1.82, 2.24) is 28.9 Å². The molecular weight excluding hydrogens is 416 g/mol. The van der Waals surface area contributed by atoms with Crippen molar-refractivity contribution in [1.29, 1.82) is 0 Å². The normalized spacial score (nSPS) is 11.0. The topological polar surface area (TPSA) is 113 Å². The van der Waals surface area contributed by atoms with Gasteiger partial charge in [-0.1, -0.05) is 11.6 Å². The van der Waals surface area contributed by atoms with Crippen LogP contribution in [0.4, 0.5) is 0 Å². The number of hydrogen-bond donors (Lipinski definition) is 0. The van der Waals surface area contributed by atoms with Gasteiger partial charge in [-0.25, -0.2) is 19.7 Å². The SMILES string of the molecule is CCOC(=O)c1cn(-c2nc(-c3ccncn3)ns2)c2nc(Cl)cc(C)c2c1=O. The summed E-state index contributed by atoms with van der Waals surface area (Å²) in [5, 5.41) is 0.870. The number of carbonyl (C=O) groups is 1. The van der Waals surface area contributed by atoms with E-state index in [1.54, 1.807) is 32.2 Å². The third-order valence-electron chi connectivity index (χ3n) is 4.05. The first-order valence-electron chi connectivity index (χ1n) is 8.49. The van der Waals surface area contributed by atoms with Crippen LogP contribution in [0.15, 0.2) is 35.6 Å². The lowest BCUT2D eigenvalue weighted by molar-refractivity contribution is 0.0524. The van der Waals surface area contributed by atoms with Crippen molar-refractivity contribution in [2.45, 2.75) is 13.8 Å². The largest absolute Gasteiger partial charge is 0.462 e. The first kappa shape index (κ1) is 19.1. The number of aromatic nitrogens is 6. The molecule has 4 aromatic heterocycles. The van der Waals surface area contributed by atoms with Gasteiger partial charge in [0.2, 0.25) is 10.6 Å². The molecule has 0 saturated heterocycles. The zero-order chi connectivity index (χ0) is 20.5. The van der Waals surface area contributed by atoms with Crippen LogP contribution in [0.5, 0.6) is 0 Å². The van der Waals surface area contributed by atoms with Gasteiger partial charge in [0, 0.05) is 23.9 Å². The molecule has 0 saturated carbocycles.